The largest absolute Gasteiger partial charge is 0.316 e. The minimum atomic E-state index is -0.193. The van der Waals surface area contributed by atoms with Crippen molar-refractivity contribution >= 4 is 17.3 Å². The smallest absolute Gasteiger partial charge is 0.119 e. The predicted octanol–water partition coefficient (Wildman–Crippen LogP) is 1.73. The minimum absolute atomic E-state index is 0.193. The molecule has 0 aromatic carbocycles. The molecule has 0 radical (unpaired) electrons. The SMILES string of the molecule is Clc1cccnc1C1=CC2(CCNCC2)ON1. The number of pyridine rings is 1. The normalized spacial score (nSPS) is 22.3. The van der Waals surface area contributed by atoms with Gasteiger partial charge in [-0.15, -0.1) is 0 Å². The topological polar surface area (TPSA) is 46.2 Å². The highest BCUT2D eigenvalue weighted by atomic mass is 35.5. The molecule has 3 rings (SSSR count). The van der Waals surface area contributed by atoms with E-state index >= 15 is 0 Å². The van der Waals surface area contributed by atoms with Crippen LogP contribution in [0.3, 0.4) is 0 Å². The Hall–Kier alpha value is -1.10. The zero-order valence-corrected chi connectivity index (χ0v) is 10.1. The summed E-state index contributed by atoms with van der Waals surface area (Å²) in [7, 11) is 0. The summed E-state index contributed by atoms with van der Waals surface area (Å²) in [6, 6.07) is 3.66. The summed E-state index contributed by atoms with van der Waals surface area (Å²) in [5.41, 5.74) is 4.39. The van der Waals surface area contributed by atoms with Gasteiger partial charge in [-0.25, -0.2) is 0 Å². The van der Waals surface area contributed by atoms with Crippen LogP contribution in [0.1, 0.15) is 18.5 Å². The molecule has 0 aliphatic carbocycles. The van der Waals surface area contributed by atoms with Crippen molar-refractivity contribution in [3.05, 3.63) is 35.1 Å². The molecule has 1 saturated heterocycles. The standard InChI is InChI=1S/C12H14ClN3O/c13-9-2-1-5-15-11(9)10-8-12(17-16-10)3-6-14-7-4-12/h1-2,5,8,14,16H,3-4,6-7H2. The number of hydrogen-bond donors (Lipinski definition) is 2. The van der Waals surface area contributed by atoms with Crippen molar-refractivity contribution in [2.24, 2.45) is 0 Å². The van der Waals surface area contributed by atoms with Crippen molar-refractivity contribution in [3.8, 4) is 0 Å². The van der Waals surface area contributed by atoms with Crippen LogP contribution in [0.4, 0.5) is 0 Å². The lowest BCUT2D eigenvalue weighted by molar-refractivity contribution is -0.0516. The Balaban J connectivity index is 1.90. The van der Waals surface area contributed by atoms with Gasteiger partial charge < -0.3 is 5.32 Å². The second kappa shape index (κ2) is 4.29. The summed E-state index contributed by atoms with van der Waals surface area (Å²) in [5.74, 6) is 0. The lowest BCUT2D eigenvalue weighted by Gasteiger charge is -2.29. The van der Waals surface area contributed by atoms with Gasteiger partial charge in [-0.3, -0.25) is 15.3 Å². The first-order valence-corrected chi connectivity index (χ1v) is 6.15. The van der Waals surface area contributed by atoms with Gasteiger partial charge in [-0.1, -0.05) is 11.6 Å². The van der Waals surface area contributed by atoms with E-state index in [9.17, 15) is 0 Å². The number of hydroxylamine groups is 1. The summed E-state index contributed by atoms with van der Waals surface area (Å²) >= 11 is 6.12. The predicted molar refractivity (Wildman–Crippen MR) is 66.3 cm³/mol. The number of nitrogens with zero attached hydrogens (tertiary/aromatic N) is 1. The first-order chi connectivity index (χ1) is 8.29. The van der Waals surface area contributed by atoms with Crippen molar-refractivity contribution in [1.29, 1.82) is 0 Å². The number of halogens is 1. The maximum atomic E-state index is 6.12. The van der Waals surface area contributed by atoms with Crippen LogP contribution < -0.4 is 10.8 Å². The molecule has 1 fully saturated rings. The summed E-state index contributed by atoms with van der Waals surface area (Å²) < 4.78 is 0. The molecule has 3 heterocycles. The number of nitrogens with one attached hydrogen (secondary N) is 2. The molecule has 1 spiro atoms. The highest BCUT2D eigenvalue weighted by Crippen LogP contribution is 2.33. The molecular weight excluding hydrogens is 238 g/mol. The summed E-state index contributed by atoms with van der Waals surface area (Å²) in [5, 5.41) is 3.96. The van der Waals surface area contributed by atoms with Gasteiger partial charge in [0.25, 0.3) is 0 Å². The summed E-state index contributed by atoms with van der Waals surface area (Å²) in [6.45, 7) is 1.95. The second-order valence-corrected chi connectivity index (χ2v) is 4.82. The lowest BCUT2D eigenvalue weighted by atomic mass is 9.92. The highest BCUT2D eigenvalue weighted by Gasteiger charge is 2.37. The second-order valence-electron chi connectivity index (χ2n) is 4.41. The first kappa shape index (κ1) is 11.0. The van der Waals surface area contributed by atoms with E-state index in [1.165, 1.54) is 0 Å². The zero-order valence-electron chi connectivity index (χ0n) is 9.37. The number of aromatic nitrogens is 1. The molecule has 2 aliphatic heterocycles. The Morgan fingerprint density at radius 2 is 2.18 bits per heavy atom. The van der Waals surface area contributed by atoms with Gasteiger partial charge in [0.15, 0.2) is 0 Å². The minimum Gasteiger partial charge on any atom is -0.316 e. The third kappa shape index (κ3) is 2.04. The van der Waals surface area contributed by atoms with Crippen LogP contribution in [-0.2, 0) is 4.84 Å². The van der Waals surface area contributed by atoms with Crippen molar-refractivity contribution in [3.63, 3.8) is 0 Å². The van der Waals surface area contributed by atoms with Gasteiger partial charge in [-0.05, 0) is 44.1 Å². The third-order valence-corrected chi connectivity index (χ3v) is 3.54. The van der Waals surface area contributed by atoms with Crippen LogP contribution in [0, 0.1) is 0 Å². The molecule has 17 heavy (non-hydrogen) atoms. The highest BCUT2D eigenvalue weighted by molar-refractivity contribution is 6.32. The van der Waals surface area contributed by atoms with Crippen LogP contribution >= 0.6 is 11.6 Å². The lowest BCUT2D eigenvalue weighted by Crippen LogP contribution is -2.41. The van der Waals surface area contributed by atoms with E-state index in [0.29, 0.717) is 5.02 Å². The molecule has 0 atom stereocenters. The van der Waals surface area contributed by atoms with Gasteiger partial charge in [0.05, 0.1) is 10.7 Å². The molecular formula is C12H14ClN3O. The van der Waals surface area contributed by atoms with Crippen LogP contribution in [0.25, 0.3) is 5.70 Å². The van der Waals surface area contributed by atoms with Crippen molar-refractivity contribution in [2.75, 3.05) is 13.1 Å². The number of piperidine rings is 1. The van der Waals surface area contributed by atoms with Crippen LogP contribution in [0.2, 0.25) is 5.02 Å². The average molecular weight is 252 g/mol. The van der Waals surface area contributed by atoms with Gasteiger partial charge in [0.1, 0.15) is 11.3 Å². The molecule has 0 saturated carbocycles. The van der Waals surface area contributed by atoms with E-state index in [-0.39, 0.29) is 5.60 Å². The molecule has 1 aromatic rings. The van der Waals surface area contributed by atoms with E-state index in [4.69, 9.17) is 16.4 Å². The zero-order chi connectivity index (χ0) is 11.7. The first-order valence-electron chi connectivity index (χ1n) is 5.78. The number of rotatable bonds is 1. The van der Waals surface area contributed by atoms with Crippen molar-refractivity contribution in [1.82, 2.24) is 15.8 Å². The maximum Gasteiger partial charge on any atom is 0.119 e. The molecule has 90 valence electrons. The average Bonchev–Trinajstić information content (AvgIpc) is 2.74. The molecule has 2 aliphatic rings. The molecule has 4 nitrogen and oxygen atoms in total. The van der Waals surface area contributed by atoms with Gasteiger partial charge in [-0.2, -0.15) is 0 Å². The van der Waals surface area contributed by atoms with E-state index < -0.39 is 0 Å². The van der Waals surface area contributed by atoms with Gasteiger partial charge in [0, 0.05) is 6.20 Å². The Bertz CT molecular complexity index is 455. The van der Waals surface area contributed by atoms with E-state index in [1.54, 1.807) is 6.20 Å². The number of hydrogen-bond acceptors (Lipinski definition) is 4. The van der Waals surface area contributed by atoms with Crippen molar-refractivity contribution < 1.29 is 4.84 Å². The molecule has 0 amide bonds. The van der Waals surface area contributed by atoms with Crippen LogP contribution in [0.5, 0.6) is 0 Å². The Morgan fingerprint density at radius 3 is 2.94 bits per heavy atom. The van der Waals surface area contributed by atoms with Gasteiger partial charge in [0.2, 0.25) is 0 Å². The van der Waals surface area contributed by atoms with E-state index in [1.807, 2.05) is 12.1 Å². The molecule has 5 heteroatoms. The Morgan fingerprint density at radius 1 is 1.35 bits per heavy atom. The van der Waals surface area contributed by atoms with Crippen molar-refractivity contribution in [2.45, 2.75) is 18.4 Å². The molecule has 0 bridgehead atoms. The fourth-order valence-electron chi connectivity index (χ4n) is 2.28. The molecule has 2 N–H and O–H groups in total. The quantitative estimate of drug-likeness (QED) is 0.798. The van der Waals surface area contributed by atoms with E-state index in [2.05, 4.69) is 21.9 Å². The monoisotopic (exact) mass is 251 g/mol. The summed E-state index contributed by atoms with van der Waals surface area (Å²) in [4.78, 5) is 10.0. The van der Waals surface area contributed by atoms with E-state index in [0.717, 1.165) is 37.3 Å². The Kier molecular flexibility index (Phi) is 2.78. The fraction of sp³-hybridized carbons (Fsp3) is 0.417. The maximum absolute atomic E-state index is 6.12. The molecule has 1 aromatic heterocycles. The summed E-state index contributed by atoms with van der Waals surface area (Å²) in [6.07, 6.45) is 5.78. The van der Waals surface area contributed by atoms with Crippen LogP contribution in [-0.4, -0.2) is 23.7 Å². The fourth-order valence-corrected chi connectivity index (χ4v) is 2.50. The van der Waals surface area contributed by atoms with Crippen LogP contribution in [0.15, 0.2) is 24.4 Å². The van der Waals surface area contributed by atoms with Gasteiger partial charge >= 0.3 is 0 Å². The third-order valence-electron chi connectivity index (χ3n) is 3.24. The Labute approximate surface area is 105 Å². The molecule has 0 unspecified atom stereocenters.